The van der Waals surface area contributed by atoms with Gasteiger partial charge in [-0.25, -0.2) is 18.9 Å². The Balaban J connectivity index is 1.62. The van der Waals surface area contributed by atoms with Crippen LogP contribution >= 0.6 is 11.6 Å². The summed E-state index contributed by atoms with van der Waals surface area (Å²) in [6.07, 6.45) is -3.22. The number of ether oxygens (including phenoxy) is 1. The van der Waals surface area contributed by atoms with E-state index in [0.29, 0.717) is 28.1 Å². The van der Waals surface area contributed by atoms with Gasteiger partial charge >= 0.3 is 6.18 Å². The van der Waals surface area contributed by atoms with Gasteiger partial charge in [-0.1, -0.05) is 17.7 Å². The van der Waals surface area contributed by atoms with Crippen LogP contribution in [0.1, 0.15) is 21.5 Å². The minimum atomic E-state index is -4.61. The maximum absolute atomic E-state index is 14.1. The quantitative estimate of drug-likeness (QED) is 0.221. The SMILES string of the molecule is Cc1cc(-c2nc3c(OCCO)cc(Cl)nn3c2-c2ccnc(NC(=O)c3cccc(C(F)(F)F)c3)c2)ccc1F. The van der Waals surface area contributed by atoms with Crippen LogP contribution in [0.5, 0.6) is 5.75 Å². The van der Waals surface area contributed by atoms with E-state index in [4.69, 9.17) is 21.3 Å². The average Bonchev–Trinajstić information content (AvgIpc) is 3.32. The van der Waals surface area contributed by atoms with Crippen molar-refractivity contribution in [3.63, 3.8) is 0 Å². The Morgan fingerprint density at radius 3 is 2.63 bits per heavy atom. The topological polar surface area (TPSA) is 102 Å². The Labute approximate surface area is 235 Å². The van der Waals surface area contributed by atoms with Gasteiger partial charge < -0.3 is 15.2 Å². The molecule has 13 heteroatoms. The van der Waals surface area contributed by atoms with E-state index in [1.54, 1.807) is 25.1 Å². The monoisotopic (exact) mass is 585 g/mol. The van der Waals surface area contributed by atoms with E-state index in [9.17, 15) is 27.5 Å². The normalized spacial score (nSPS) is 11.6. The number of aliphatic hydroxyl groups is 1. The molecule has 0 aliphatic heterocycles. The van der Waals surface area contributed by atoms with Crippen LogP contribution in [0.3, 0.4) is 0 Å². The molecule has 0 spiro atoms. The molecule has 210 valence electrons. The van der Waals surface area contributed by atoms with Crippen molar-refractivity contribution in [2.75, 3.05) is 18.5 Å². The summed E-state index contributed by atoms with van der Waals surface area (Å²) < 4.78 is 60.5. The van der Waals surface area contributed by atoms with Crippen molar-refractivity contribution >= 4 is 29.0 Å². The lowest BCUT2D eigenvalue weighted by Crippen LogP contribution is -2.14. The summed E-state index contributed by atoms with van der Waals surface area (Å²) in [4.78, 5) is 21.6. The number of aromatic nitrogens is 4. The lowest BCUT2D eigenvalue weighted by Gasteiger charge is -2.11. The van der Waals surface area contributed by atoms with Crippen molar-refractivity contribution in [2.45, 2.75) is 13.1 Å². The second-order valence-electron chi connectivity index (χ2n) is 8.87. The number of carbonyl (C=O) groups is 1. The minimum Gasteiger partial charge on any atom is -0.487 e. The number of benzene rings is 2. The number of carbonyl (C=O) groups excluding carboxylic acids is 1. The zero-order valence-electron chi connectivity index (χ0n) is 21.2. The number of rotatable bonds is 7. The maximum atomic E-state index is 14.1. The molecule has 0 aliphatic carbocycles. The molecule has 0 saturated heterocycles. The first-order valence-electron chi connectivity index (χ1n) is 12.1. The van der Waals surface area contributed by atoms with Crippen LogP contribution in [-0.4, -0.2) is 43.8 Å². The van der Waals surface area contributed by atoms with Crippen molar-refractivity contribution in [3.8, 4) is 28.3 Å². The number of fused-ring (bicyclic) bond motifs is 1. The van der Waals surface area contributed by atoms with E-state index >= 15 is 0 Å². The van der Waals surface area contributed by atoms with E-state index in [-0.39, 0.29) is 41.1 Å². The van der Waals surface area contributed by atoms with E-state index < -0.39 is 23.5 Å². The van der Waals surface area contributed by atoms with Crippen LogP contribution in [0.4, 0.5) is 23.4 Å². The van der Waals surface area contributed by atoms with Crippen molar-refractivity contribution < 1.29 is 32.2 Å². The third-order valence-electron chi connectivity index (χ3n) is 6.03. The molecule has 5 aromatic rings. The molecule has 1 amide bonds. The number of amides is 1. The highest BCUT2D eigenvalue weighted by atomic mass is 35.5. The molecule has 3 heterocycles. The fraction of sp³-hybridized carbons (Fsp3) is 0.143. The zero-order chi connectivity index (χ0) is 29.3. The van der Waals surface area contributed by atoms with Gasteiger partial charge in [-0.3, -0.25) is 4.79 Å². The molecular weight excluding hydrogens is 566 g/mol. The molecule has 0 atom stereocenters. The lowest BCUT2D eigenvalue weighted by molar-refractivity contribution is -0.137. The van der Waals surface area contributed by atoms with Crippen LogP contribution in [-0.2, 0) is 6.18 Å². The maximum Gasteiger partial charge on any atom is 0.416 e. The number of nitrogens with one attached hydrogen (secondary N) is 1. The molecule has 0 aliphatic rings. The highest BCUT2D eigenvalue weighted by molar-refractivity contribution is 6.29. The van der Waals surface area contributed by atoms with Crippen LogP contribution in [0.25, 0.3) is 28.2 Å². The third-order valence-corrected chi connectivity index (χ3v) is 6.21. The molecular formula is C28H20ClF4N5O3. The minimum absolute atomic E-state index is 0.0375. The van der Waals surface area contributed by atoms with Gasteiger partial charge in [0.1, 0.15) is 23.9 Å². The highest BCUT2D eigenvalue weighted by Crippen LogP contribution is 2.37. The zero-order valence-corrected chi connectivity index (χ0v) is 22.0. The number of aryl methyl sites for hydroxylation is 1. The van der Waals surface area contributed by atoms with Gasteiger partial charge in [0.15, 0.2) is 16.5 Å². The van der Waals surface area contributed by atoms with Gasteiger partial charge in [-0.15, -0.1) is 0 Å². The fourth-order valence-corrected chi connectivity index (χ4v) is 4.33. The molecule has 0 saturated carbocycles. The molecule has 41 heavy (non-hydrogen) atoms. The number of imidazole rings is 1. The largest absolute Gasteiger partial charge is 0.487 e. The number of aliphatic hydroxyl groups excluding tert-OH is 1. The van der Waals surface area contributed by atoms with Crippen molar-refractivity contribution in [1.82, 2.24) is 19.6 Å². The highest BCUT2D eigenvalue weighted by Gasteiger charge is 2.31. The van der Waals surface area contributed by atoms with E-state index in [1.807, 2.05) is 0 Å². The second-order valence-corrected chi connectivity index (χ2v) is 9.26. The first-order valence-corrected chi connectivity index (χ1v) is 12.5. The van der Waals surface area contributed by atoms with Crippen molar-refractivity contribution in [2.24, 2.45) is 0 Å². The molecule has 0 unspecified atom stereocenters. The van der Waals surface area contributed by atoms with E-state index in [1.165, 1.54) is 35.0 Å². The van der Waals surface area contributed by atoms with Crippen LogP contribution in [0, 0.1) is 12.7 Å². The molecule has 0 fully saturated rings. The van der Waals surface area contributed by atoms with E-state index in [0.717, 1.165) is 18.2 Å². The van der Waals surface area contributed by atoms with Gasteiger partial charge in [0.2, 0.25) is 0 Å². The van der Waals surface area contributed by atoms with Gasteiger partial charge in [-0.05, 0) is 61.0 Å². The Kier molecular flexibility index (Phi) is 7.61. The van der Waals surface area contributed by atoms with Gasteiger partial charge in [0.05, 0.1) is 17.9 Å². The Morgan fingerprint density at radius 2 is 1.90 bits per heavy atom. The Hall–Kier alpha value is -4.55. The number of anilines is 1. The van der Waals surface area contributed by atoms with Crippen LogP contribution < -0.4 is 10.1 Å². The van der Waals surface area contributed by atoms with Crippen molar-refractivity contribution in [1.29, 1.82) is 0 Å². The summed E-state index contributed by atoms with van der Waals surface area (Å²) in [6.45, 7) is 1.31. The standard InChI is InChI=1S/C28H20ClF4N5O3/c1-15-11-16(5-6-20(15)30)24-25(38-26(36-24)21(41-10-9-39)14-22(29)37-38)17-7-8-34-23(13-17)35-27(40)18-3-2-4-19(12-18)28(31,32)33/h2-8,11-14,39H,9-10H2,1H3,(H,34,35,40). The molecule has 0 bridgehead atoms. The summed E-state index contributed by atoms with van der Waals surface area (Å²) >= 11 is 6.27. The molecule has 0 radical (unpaired) electrons. The molecule has 3 aromatic heterocycles. The average molecular weight is 586 g/mol. The summed E-state index contributed by atoms with van der Waals surface area (Å²) in [5, 5.41) is 16.2. The smallest absolute Gasteiger partial charge is 0.416 e. The molecule has 5 rings (SSSR count). The van der Waals surface area contributed by atoms with Crippen molar-refractivity contribution in [3.05, 3.63) is 94.5 Å². The summed E-state index contributed by atoms with van der Waals surface area (Å²) in [6, 6.07) is 13.0. The number of pyridine rings is 1. The number of hydrogen-bond donors (Lipinski definition) is 2. The Bertz CT molecular complexity index is 1770. The molecule has 2 N–H and O–H groups in total. The summed E-state index contributed by atoms with van der Waals surface area (Å²) in [5.41, 5.74) is 1.21. The predicted octanol–water partition coefficient (Wildman–Crippen LogP) is 6.20. The number of hydrogen-bond acceptors (Lipinski definition) is 6. The van der Waals surface area contributed by atoms with Gasteiger partial charge in [0.25, 0.3) is 5.91 Å². The molecule has 2 aromatic carbocycles. The number of halogens is 5. The van der Waals surface area contributed by atoms with Crippen LogP contribution in [0.15, 0.2) is 66.9 Å². The number of alkyl halides is 3. The lowest BCUT2D eigenvalue weighted by atomic mass is 10.0. The fourth-order valence-electron chi connectivity index (χ4n) is 4.15. The summed E-state index contributed by atoms with van der Waals surface area (Å²) in [5.74, 6) is -0.928. The number of nitrogens with zero attached hydrogens (tertiary/aromatic N) is 4. The Morgan fingerprint density at radius 1 is 1.10 bits per heavy atom. The summed E-state index contributed by atoms with van der Waals surface area (Å²) in [7, 11) is 0. The first-order chi connectivity index (χ1) is 19.5. The first kappa shape index (κ1) is 28.0. The van der Waals surface area contributed by atoms with Crippen LogP contribution in [0.2, 0.25) is 5.15 Å². The second kappa shape index (κ2) is 11.1. The van der Waals surface area contributed by atoms with Gasteiger partial charge in [-0.2, -0.15) is 18.3 Å². The predicted molar refractivity (Wildman–Crippen MR) is 143 cm³/mol. The molecule has 8 nitrogen and oxygen atoms in total. The van der Waals surface area contributed by atoms with Gasteiger partial charge in [0, 0.05) is 29.0 Å². The third kappa shape index (κ3) is 5.83. The van der Waals surface area contributed by atoms with E-state index in [2.05, 4.69) is 15.4 Å².